The molecule has 5 nitrogen and oxygen atoms in total. The maximum atomic E-state index is 12.8. The molecule has 0 aliphatic carbocycles. The third kappa shape index (κ3) is 3.43. The predicted molar refractivity (Wildman–Crippen MR) is 110 cm³/mol. The molecule has 4 rings (SSSR count). The molecule has 2 aromatic carbocycles. The van der Waals surface area contributed by atoms with Gasteiger partial charge in [-0.15, -0.1) is 11.3 Å². The molecule has 0 radical (unpaired) electrons. The van der Waals surface area contributed by atoms with Crippen molar-refractivity contribution in [3.63, 3.8) is 0 Å². The van der Waals surface area contributed by atoms with E-state index >= 15 is 0 Å². The van der Waals surface area contributed by atoms with Gasteiger partial charge in [-0.3, -0.25) is 4.72 Å². The van der Waals surface area contributed by atoms with Crippen molar-refractivity contribution in [2.75, 3.05) is 4.72 Å². The van der Waals surface area contributed by atoms with Gasteiger partial charge in [0.15, 0.2) is 5.82 Å². The van der Waals surface area contributed by atoms with Crippen LogP contribution in [0.1, 0.15) is 11.1 Å². The quantitative estimate of drug-likeness (QED) is 0.540. The number of thiophene rings is 1. The van der Waals surface area contributed by atoms with Gasteiger partial charge in [0, 0.05) is 4.88 Å². The summed E-state index contributed by atoms with van der Waals surface area (Å²) in [6.07, 6.45) is 1.38. The molecule has 0 saturated carbocycles. The zero-order chi connectivity index (χ0) is 19.0. The molecule has 136 valence electrons. The number of aryl methyl sites for hydroxylation is 2. The number of anilines is 1. The van der Waals surface area contributed by atoms with Crippen LogP contribution in [0.3, 0.4) is 0 Å². The van der Waals surface area contributed by atoms with Gasteiger partial charge in [-0.25, -0.2) is 18.4 Å². The van der Waals surface area contributed by atoms with Gasteiger partial charge in [0.25, 0.3) is 10.0 Å². The highest BCUT2D eigenvalue weighted by Crippen LogP contribution is 2.35. The highest BCUT2D eigenvalue weighted by atomic mass is 32.2. The van der Waals surface area contributed by atoms with E-state index in [0.717, 1.165) is 26.4 Å². The van der Waals surface area contributed by atoms with E-state index in [1.165, 1.54) is 17.7 Å². The lowest BCUT2D eigenvalue weighted by atomic mass is 10.1. The van der Waals surface area contributed by atoms with Gasteiger partial charge in [0.1, 0.15) is 11.2 Å². The summed E-state index contributed by atoms with van der Waals surface area (Å²) in [5.41, 5.74) is 3.03. The molecule has 0 bridgehead atoms. The SMILES string of the molecule is Cc1ccc(S(=O)(=O)Nc2ncnc3sc(-c4ccccc4)cc23)cc1C. The van der Waals surface area contributed by atoms with Crippen LogP contribution < -0.4 is 4.72 Å². The molecule has 7 heteroatoms. The third-order valence-corrected chi connectivity index (χ3v) is 6.84. The van der Waals surface area contributed by atoms with E-state index in [4.69, 9.17) is 0 Å². The Morgan fingerprint density at radius 3 is 2.44 bits per heavy atom. The number of hydrogen-bond donors (Lipinski definition) is 1. The fourth-order valence-electron chi connectivity index (χ4n) is 2.75. The molecule has 0 amide bonds. The first-order valence-corrected chi connectivity index (χ1v) is 10.6. The maximum Gasteiger partial charge on any atom is 0.263 e. The molecule has 27 heavy (non-hydrogen) atoms. The second-order valence-corrected chi connectivity index (χ2v) is 8.98. The first-order chi connectivity index (χ1) is 12.9. The minimum absolute atomic E-state index is 0.218. The van der Waals surface area contributed by atoms with Crippen LogP contribution in [0.25, 0.3) is 20.7 Å². The Morgan fingerprint density at radius 2 is 1.70 bits per heavy atom. The highest BCUT2D eigenvalue weighted by Gasteiger charge is 2.18. The first-order valence-electron chi connectivity index (χ1n) is 8.34. The van der Waals surface area contributed by atoms with Crippen LogP contribution >= 0.6 is 11.3 Å². The standard InChI is InChI=1S/C20H17N3O2S2/c1-13-8-9-16(10-14(13)2)27(24,25)23-19-17-11-18(15-6-4-3-5-7-15)26-20(17)22-12-21-19/h3-12H,1-2H3,(H,21,22,23). The molecule has 0 atom stereocenters. The summed E-state index contributed by atoms with van der Waals surface area (Å²) in [4.78, 5) is 10.4. The fraction of sp³-hybridized carbons (Fsp3) is 0.100. The summed E-state index contributed by atoms with van der Waals surface area (Å²) in [5, 5.41) is 0.689. The van der Waals surface area contributed by atoms with Crippen LogP contribution in [0.4, 0.5) is 5.82 Å². The maximum absolute atomic E-state index is 12.8. The summed E-state index contributed by atoms with van der Waals surface area (Å²) >= 11 is 1.50. The Bertz CT molecular complexity index is 1230. The molecule has 4 aromatic rings. The summed E-state index contributed by atoms with van der Waals surface area (Å²) in [6.45, 7) is 3.84. The lowest BCUT2D eigenvalue weighted by Gasteiger charge is -2.09. The molecular weight excluding hydrogens is 378 g/mol. The van der Waals surface area contributed by atoms with Crippen LogP contribution in [-0.2, 0) is 10.0 Å². The average molecular weight is 396 g/mol. The number of hydrogen-bond acceptors (Lipinski definition) is 5. The summed E-state index contributed by atoms with van der Waals surface area (Å²) < 4.78 is 28.3. The van der Waals surface area contributed by atoms with Gasteiger partial charge in [-0.2, -0.15) is 0 Å². The van der Waals surface area contributed by atoms with Gasteiger partial charge >= 0.3 is 0 Å². The normalized spacial score (nSPS) is 11.6. The number of benzene rings is 2. The van der Waals surface area contributed by atoms with E-state index in [1.807, 2.05) is 50.2 Å². The third-order valence-electron chi connectivity index (χ3n) is 4.41. The molecular formula is C20H17N3O2S2. The Morgan fingerprint density at radius 1 is 0.926 bits per heavy atom. The van der Waals surface area contributed by atoms with Crippen LogP contribution in [0, 0.1) is 13.8 Å². The van der Waals surface area contributed by atoms with Gasteiger partial charge in [-0.1, -0.05) is 36.4 Å². The van der Waals surface area contributed by atoms with Gasteiger partial charge in [-0.05, 0) is 48.7 Å². The van der Waals surface area contributed by atoms with Gasteiger partial charge < -0.3 is 0 Å². The minimum Gasteiger partial charge on any atom is -0.263 e. The smallest absolute Gasteiger partial charge is 0.263 e. The van der Waals surface area contributed by atoms with Crippen molar-refractivity contribution in [3.05, 3.63) is 72.1 Å². The van der Waals surface area contributed by atoms with E-state index in [0.29, 0.717) is 5.39 Å². The van der Waals surface area contributed by atoms with E-state index in [9.17, 15) is 8.42 Å². The van der Waals surface area contributed by atoms with Gasteiger partial charge in [0.05, 0.1) is 10.3 Å². The van der Waals surface area contributed by atoms with Crippen molar-refractivity contribution in [2.45, 2.75) is 18.7 Å². The second-order valence-electron chi connectivity index (χ2n) is 6.27. The van der Waals surface area contributed by atoms with Crippen molar-refractivity contribution in [1.29, 1.82) is 0 Å². The van der Waals surface area contributed by atoms with Crippen molar-refractivity contribution in [2.24, 2.45) is 0 Å². The highest BCUT2D eigenvalue weighted by molar-refractivity contribution is 7.92. The van der Waals surface area contributed by atoms with Crippen molar-refractivity contribution in [1.82, 2.24) is 9.97 Å². The molecule has 0 spiro atoms. The molecule has 0 saturated heterocycles. The van der Waals surface area contributed by atoms with Crippen LogP contribution in [0.15, 0.2) is 65.8 Å². The topological polar surface area (TPSA) is 72.0 Å². The van der Waals surface area contributed by atoms with E-state index < -0.39 is 10.0 Å². The summed E-state index contributed by atoms with van der Waals surface area (Å²) in [5.74, 6) is 0.289. The van der Waals surface area contributed by atoms with Crippen molar-refractivity contribution >= 4 is 37.4 Å². The summed E-state index contributed by atoms with van der Waals surface area (Å²) in [6, 6.07) is 16.9. The predicted octanol–water partition coefficient (Wildman–Crippen LogP) is 4.78. The van der Waals surface area contributed by atoms with E-state index in [-0.39, 0.29) is 10.7 Å². The van der Waals surface area contributed by atoms with Crippen LogP contribution in [0.2, 0.25) is 0 Å². The largest absolute Gasteiger partial charge is 0.263 e. The molecule has 0 aliphatic rings. The second kappa shape index (κ2) is 6.75. The number of fused-ring (bicyclic) bond motifs is 1. The van der Waals surface area contributed by atoms with E-state index in [1.54, 1.807) is 18.2 Å². The summed E-state index contributed by atoms with van der Waals surface area (Å²) in [7, 11) is -3.74. The molecule has 0 fully saturated rings. The average Bonchev–Trinajstić information content (AvgIpc) is 3.10. The van der Waals surface area contributed by atoms with Crippen molar-refractivity contribution < 1.29 is 8.42 Å². The monoisotopic (exact) mass is 395 g/mol. The number of nitrogens with one attached hydrogen (secondary N) is 1. The lowest BCUT2D eigenvalue weighted by Crippen LogP contribution is -2.14. The molecule has 0 aliphatic heterocycles. The Balaban J connectivity index is 1.75. The Labute approximate surface area is 161 Å². The molecule has 2 aromatic heterocycles. The molecule has 1 N–H and O–H groups in total. The number of nitrogens with zero attached hydrogens (tertiary/aromatic N) is 2. The van der Waals surface area contributed by atoms with Crippen LogP contribution in [0.5, 0.6) is 0 Å². The number of aromatic nitrogens is 2. The Kier molecular flexibility index (Phi) is 4.41. The first kappa shape index (κ1) is 17.6. The lowest BCUT2D eigenvalue weighted by molar-refractivity contribution is 0.601. The number of rotatable bonds is 4. The zero-order valence-electron chi connectivity index (χ0n) is 14.8. The van der Waals surface area contributed by atoms with E-state index in [2.05, 4.69) is 14.7 Å². The minimum atomic E-state index is -3.74. The molecule has 0 unspecified atom stereocenters. The zero-order valence-corrected chi connectivity index (χ0v) is 16.4. The number of sulfonamides is 1. The Hall–Kier alpha value is -2.77. The fourth-order valence-corrected chi connectivity index (χ4v) is 4.87. The molecule has 2 heterocycles. The van der Waals surface area contributed by atoms with Crippen molar-refractivity contribution in [3.8, 4) is 10.4 Å². The van der Waals surface area contributed by atoms with Crippen LogP contribution in [-0.4, -0.2) is 18.4 Å². The van der Waals surface area contributed by atoms with Gasteiger partial charge in [0.2, 0.25) is 0 Å².